The molecule has 3 amide bonds. The minimum Gasteiger partial charge on any atom is -0.504 e. The molecule has 3 rings (SSSR count). The number of fused-ring (bicyclic) bond motifs is 1. The fraction of sp³-hybridized carbons (Fsp3) is 0.375. The fourth-order valence-corrected chi connectivity index (χ4v) is 5.93. The number of hydrogen-bond acceptors (Lipinski definition) is 9. The van der Waals surface area contributed by atoms with Gasteiger partial charge in [0.15, 0.2) is 27.4 Å². The van der Waals surface area contributed by atoms with E-state index < -0.39 is 68.0 Å². The summed E-state index contributed by atoms with van der Waals surface area (Å²) in [4.78, 5) is 48.0. The number of nitrogens with one attached hydrogen (secondary N) is 2. The lowest BCUT2D eigenvalue weighted by atomic mass is 9.97. The van der Waals surface area contributed by atoms with E-state index in [4.69, 9.17) is 16.3 Å². The van der Waals surface area contributed by atoms with Gasteiger partial charge in [-0.25, -0.2) is 23.4 Å². The number of halogens is 1. The number of carbonyl (C=O) groups excluding carboxylic acids is 3. The topological polar surface area (TPSA) is 200 Å². The maximum atomic E-state index is 12.7. The molecule has 1 aromatic rings. The molecule has 2 saturated heterocycles. The lowest BCUT2D eigenvalue weighted by Gasteiger charge is -2.35. The normalized spacial score (nSPS) is 25.9. The Bertz CT molecular complexity index is 1110. The van der Waals surface area contributed by atoms with Crippen LogP contribution >= 0.6 is 11.6 Å². The van der Waals surface area contributed by atoms with E-state index in [1.165, 1.54) is 0 Å². The second kappa shape index (κ2) is 7.46. The highest BCUT2D eigenvalue weighted by atomic mass is 35.5. The number of β-lactam (4-membered cyclic amide) rings is 1. The van der Waals surface area contributed by atoms with Gasteiger partial charge in [-0.2, -0.15) is 0 Å². The second-order valence-corrected chi connectivity index (χ2v) is 10.0. The van der Waals surface area contributed by atoms with Crippen LogP contribution in [0.1, 0.15) is 23.7 Å². The first-order chi connectivity index (χ1) is 14.3. The molecular formula is C16H16ClN3O10S. The van der Waals surface area contributed by atoms with Crippen LogP contribution in [0.2, 0.25) is 5.02 Å². The SMILES string of the molecule is C[C@]1(COC(=O)NNC(=O)c2cc(O)c(O)cc2Cl)[C@H](C(=O)O)N2C(=O)C[C@H]2S1(=O)=O. The Kier molecular flexibility index (Phi) is 5.40. The van der Waals surface area contributed by atoms with Gasteiger partial charge >= 0.3 is 12.1 Å². The Morgan fingerprint density at radius 2 is 1.87 bits per heavy atom. The first-order valence-electron chi connectivity index (χ1n) is 8.53. The number of phenols is 2. The quantitative estimate of drug-likeness (QED) is 0.210. The molecule has 2 fully saturated rings. The molecule has 0 aliphatic carbocycles. The Morgan fingerprint density at radius 1 is 1.26 bits per heavy atom. The standard InChI is InChI=1S/C16H16ClN3O10S/c1-16(12(14(25)26)20-10(23)4-11(20)31(16,28)29)5-30-15(27)19-18-13(24)6-2-8(21)9(22)3-7(6)17/h2-3,11-12,21-22H,4-5H2,1H3,(H,18,24)(H,19,27)(H,25,26)/t11-,12+,16+/m1/s1. The van der Waals surface area contributed by atoms with E-state index in [0.29, 0.717) is 0 Å². The fourth-order valence-electron chi connectivity index (χ4n) is 3.42. The Labute approximate surface area is 179 Å². The lowest BCUT2D eigenvalue weighted by Crippen LogP contribution is -2.58. The van der Waals surface area contributed by atoms with Gasteiger partial charge in [0.1, 0.15) is 16.7 Å². The number of benzene rings is 1. The van der Waals surface area contributed by atoms with Gasteiger partial charge in [-0.15, -0.1) is 0 Å². The van der Waals surface area contributed by atoms with Gasteiger partial charge in [0, 0.05) is 6.07 Å². The number of aromatic hydroxyl groups is 2. The molecule has 0 radical (unpaired) electrons. The van der Waals surface area contributed by atoms with E-state index in [-0.39, 0.29) is 17.0 Å². The van der Waals surface area contributed by atoms with Gasteiger partial charge in [0.2, 0.25) is 5.91 Å². The van der Waals surface area contributed by atoms with Crippen molar-refractivity contribution in [2.45, 2.75) is 29.5 Å². The van der Waals surface area contributed by atoms with Crippen LogP contribution in [0.5, 0.6) is 11.5 Å². The van der Waals surface area contributed by atoms with Crippen LogP contribution in [-0.2, 0) is 24.2 Å². The average Bonchev–Trinajstić information content (AvgIpc) is 2.82. The lowest BCUT2D eigenvalue weighted by molar-refractivity contribution is -0.158. The monoisotopic (exact) mass is 477 g/mol. The summed E-state index contributed by atoms with van der Waals surface area (Å²) in [5, 5.41) is 26.6. The van der Waals surface area contributed by atoms with Crippen LogP contribution in [0.4, 0.5) is 4.79 Å². The molecule has 0 saturated carbocycles. The molecule has 0 unspecified atom stereocenters. The van der Waals surface area contributed by atoms with Crippen LogP contribution < -0.4 is 10.9 Å². The number of phenolic OH excluding ortho intramolecular Hbond substituents is 2. The number of carbonyl (C=O) groups is 4. The predicted octanol–water partition coefficient (Wildman–Crippen LogP) is -0.679. The third-order valence-corrected chi connectivity index (χ3v) is 8.19. The molecule has 5 N–H and O–H groups in total. The van der Waals surface area contributed by atoms with Gasteiger partial charge in [-0.1, -0.05) is 11.6 Å². The molecule has 0 bridgehead atoms. The number of ether oxygens (including phenoxy) is 1. The van der Waals surface area contributed by atoms with Gasteiger partial charge < -0.3 is 25.0 Å². The molecule has 2 aliphatic rings. The molecule has 0 spiro atoms. The molecule has 15 heteroatoms. The summed E-state index contributed by atoms with van der Waals surface area (Å²) in [6.07, 6.45) is -1.68. The Morgan fingerprint density at radius 3 is 2.45 bits per heavy atom. The number of carboxylic acid groups (broad SMARTS) is 1. The summed E-state index contributed by atoms with van der Waals surface area (Å²) >= 11 is 5.77. The summed E-state index contributed by atoms with van der Waals surface area (Å²) in [7, 11) is -4.18. The van der Waals surface area contributed by atoms with Crippen molar-refractivity contribution in [2.24, 2.45) is 0 Å². The van der Waals surface area contributed by atoms with Crippen molar-refractivity contribution in [2.75, 3.05) is 6.61 Å². The molecule has 2 aliphatic heterocycles. The van der Waals surface area contributed by atoms with E-state index in [9.17, 15) is 42.9 Å². The number of hydrazine groups is 1. The van der Waals surface area contributed by atoms with Gasteiger partial charge in [-0.05, 0) is 13.0 Å². The van der Waals surface area contributed by atoms with E-state index in [1.54, 1.807) is 0 Å². The number of aliphatic carboxylic acids is 1. The van der Waals surface area contributed by atoms with Crippen molar-refractivity contribution in [3.63, 3.8) is 0 Å². The zero-order valence-electron chi connectivity index (χ0n) is 15.7. The first-order valence-corrected chi connectivity index (χ1v) is 10.5. The molecule has 3 atom stereocenters. The summed E-state index contributed by atoms with van der Waals surface area (Å²) in [6, 6.07) is -0.0116. The minimum absolute atomic E-state index is 0.244. The molecular weight excluding hydrogens is 462 g/mol. The number of amides is 3. The highest BCUT2D eigenvalue weighted by molar-refractivity contribution is 7.94. The summed E-state index contributed by atoms with van der Waals surface area (Å²) < 4.78 is 28.1. The summed E-state index contributed by atoms with van der Waals surface area (Å²) in [5.41, 5.74) is 3.40. The predicted molar refractivity (Wildman–Crippen MR) is 101 cm³/mol. The molecule has 2 heterocycles. The third kappa shape index (κ3) is 3.46. The molecule has 168 valence electrons. The van der Waals surface area contributed by atoms with E-state index >= 15 is 0 Å². The number of carboxylic acids is 1. The maximum absolute atomic E-state index is 12.7. The van der Waals surface area contributed by atoms with Crippen LogP contribution in [0.25, 0.3) is 0 Å². The minimum atomic E-state index is -4.18. The number of nitrogens with zero attached hydrogens (tertiary/aromatic N) is 1. The van der Waals surface area contributed by atoms with E-state index in [1.807, 2.05) is 10.9 Å². The second-order valence-electron chi connectivity index (χ2n) is 7.03. The van der Waals surface area contributed by atoms with Crippen LogP contribution in [0, 0.1) is 0 Å². The summed E-state index contributed by atoms with van der Waals surface area (Å²) in [6.45, 7) is 0.145. The Hall–Kier alpha value is -3.26. The number of rotatable bonds is 4. The molecule has 13 nitrogen and oxygen atoms in total. The third-order valence-electron chi connectivity index (χ3n) is 5.12. The van der Waals surface area contributed by atoms with Crippen molar-refractivity contribution in [1.29, 1.82) is 0 Å². The highest BCUT2D eigenvalue weighted by Crippen LogP contribution is 2.46. The molecule has 1 aromatic carbocycles. The van der Waals surface area contributed by atoms with Crippen molar-refractivity contribution in [3.05, 3.63) is 22.7 Å². The van der Waals surface area contributed by atoms with Crippen LogP contribution in [0.3, 0.4) is 0 Å². The van der Waals surface area contributed by atoms with E-state index in [2.05, 4.69) is 0 Å². The van der Waals surface area contributed by atoms with Crippen LogP contribution in [0.15, 0.2) is 12.1 Å². The highest BCUT2D eigenvalue weighted by Gasteiger charge is 2.70. The van der Waals surface area contributed by atoms with E-state index in [0.717, 1.165) is 24.0 Å². The largest absolute Gasteiger partial charge is 0.504 e. The van der Waals surface area contributed by atoms with Gasteiger partial charge in [-0.3, -0.25) is 15.0 Å². The zero-order valence-corrected chi connectivity index (χ0v) is 17.2. The smallest absolute Gasteiger partial charge is 0.426 e. The summed E-state index contributed by atoms with van der Waals surface area (Å²) in [5.74, 6) is -4.43. The zero-order chi connectivity index (χ0) is 23.3. The van der Waals surface area contributed by atoms with Gasteiger partial charge in [0.25, 0.3) is 5.91 Å². The van der Waals surface area contributed by atoms with Crippen molar-refractivity contribution in [3.8, 4) is 11.5 Å². The van der Waals surface area contributed by atoms with Crippen LogP contribution in [-0.4, -0.2) is 75.3 Å². The molecule has 31 heavy (non-hydrogen) atoms. The van der Waals surface area contributed by atoms with Crippen molar-refractivity contribution < 1.29 is 47.7 Å². The number of sulfone groups is 1. The number of hydrogen-bond donors (Lipinski definition) is 5. The van der Waals surface area contributed by atoms with Crippen molar-refractivity contribution in [1.82, 2.24) is 15.8 Å². The van der Waals surface area contributed by atoms with Crippen molar-refractivity contribution >= 4 is 45.3 Å². The Balaban J connectivity index is 1.66. The first kappa shape index (κ1) is 22.4. The van der Waals surface area contributed by atoms with Gasteiger partial charge in [0.05, 0.1) is 17.0 Å². The maximum Gasteiger partial charge on any atom is 0.426 e. The molecule has 0 aromatic heterocycles. The average molecular weight is 478 g/mol.